The Morgan fingerprint density at radius 2 is 1.69 bits per heavy atom. The molecule has 0 saturated heterocycles. The van der Waals surface area contributed by atoms with Gasteiger partial charge in [-0.1, -0.05) is 13.8 Å². The van der Waals surface area contributed by atoms with E-state index in [0.29, 0.717) is 0 Å². The highest BCUT2D eigenvalue weighted by atomic mass is 32.2. The molecule has 0 unspecified atom stereocenters. The molecule has 0 amide bonds. The fraction of sp³-hybridized carbons (Fsp3) is 1.00. The van der Waals surface area contributed by atoms with Gasteiger partial charge in [0.25, 0.3) is 17.8 Å². The summed E-state index contributed by atoms with van der Waals surface area (Å²) in [7, 11) is -7.56. The van der Waals surface area contributed by atoms with Crippen molar-refractivity contribution in [2.24, 2.45) is 11.0 Å². The van der Waals surface area contributed by atoms with E-state index in [9.17, 15) is 13.0 Å². The standard InChI is InChI=1S/C4H15N4O3PS/c1-3-8(4-2)13(10,11)7-12(5,6)9/h3-4H2,1-2H3,(H5,5,6,7,9). The van der Waals surface area contributed by atoms with Crippen molar-refractivity contribution < 1.29 is 13.0 Å². The largest absolute Gasteiger partial charge is 0.288 e. The normalized spacial score (nSPS) is 13.6. The Morgan fingerprint density at radius 1 is 1.31 bits per heavy atom. The minimum atomic E-state index is -3.81. The minimum Gasteiger partial charge on any atom is -0.270 e. The van der Waals surface area contributed by atoms with Gasteiger partial charge in [-0.2, -0.15) is 12.7 Å². The number of hydrogen-bond acceptors (Lipinski definition) is 3. The van der Waals surface area contributed by atoms with Crippen LogP contribution >= 0.6 is 7.59 Å². The molecule has 9 heteroatoms. The smallest absolute Gasteiger partial charge is 0.270 e. The van der Waals surface area contributed by atoms with Crippen molar-refractivity contribution in [1.82, 2.24) is 8.80 Å². The van der Waals surface area contributed by atoms with Crippen LogP contribution in [-0.2, 0) is 14.8 Å². The van der Waals surface area contributed by atoms with Crippen LogP contribution < -0.4 is 15.5 Å². The van der Waals surface area contributed by atoms with Gasteiger partial charge in [0.05, 0.1) is 0 Å². The lowest BCUT2D eigenvalue weighted by Crippen LogP contribution is -2.41. The van der Waals surface area contributed by atoms with Gasteiger partial charge in [0.1, 0.15) is 0 Å². The fourth-order valence-electron chi connectivity index (χ4n) is 0.802. The zero-order valence-corrected chi connectivity index (χ0v) is 9.31. The number of hydrogen-bond donors (Lipinski definition) is 3. The molecule has 0 fully saturated rings. The SMILES string of the molecule is CCN(CC)S(=O)(=O)NP(N)(N)=O. The molecule has 0 aromatic carbocycles. The molecule has 0 atom stereocenters. The van der Waals surface area contributed by atoms with Crippen molar-refractivity contribution in [3.63, 3.8) is 0 Å². The molecule has 0 aliphatic heterocycles. The minimum absolute atomic E-state index is 0.270. The van der Waals surface area contributed by atoms with Crippen molar-refractivity contribution >= 4 is 17.8 Å². The Hall–Kier alpha value is 0.0200. The lowest BCUT2D eigenvalue weighted by Gasteiger charge is -2.19. The van der Waals surface area contributed by atoms with Gasteiger partial charge in [-0.15, -0.1) is 4.49 Å². The molecule has 0 spiro atoms. The van der Waals surface area contributed by atoms with Crippen molar-refractivity contribution in [2.75, 3.05) is 13.1 Å². The summed E-state index contributed by atoms with van der Waals surface area (Å²) >= 11 is 0. The van der Waals surface area contributed by atoms with Crippen molar-refractivity contribution in [2.45, 2.75) is 13.8 Å². The molecule has 0 aromatic heterocycles. The number of nitrogens with one attached hydrogen (secondary N) is 1. The molecule has 0 bridgehead atoms. The van der Waals surface area contributed by atoms with Gasteiger partial charge >= 0.3 is 0 Å². The Kier molecular flexibility index (Phi) is 4.50. The van der Waals surface area contributed by atoms with Crippen LogP contribution in [0.15, 0.2) is 0 Å². The number of nitrogens with two attached hydrogens (primary N) is 2. The van der Waals surface area contributed by atoms with Gasteiger partial charge in [-0.25, -0.2) is 0 Å². The van der Waals surface area contributed by atoms with Crippen LogP contribution in [0, 0.1) is 0 Å². The molecule has 13 heavy (non-hydrogen) atoms. The van der Waals surface area contributed by atoms with E-state index in [2.05, 4.69) is 0 Å². The van der Waals surface area contributed by atoms with Crippen LogP contribution in [0.5, 0.6) is 0 Å². The van der Waals surface area contributed by atoms with Gasteiger partial charge in [0, 0.05) is 13.1 Å². The maximum atomic E-state index is 11.3. The van der Waals surface area contributed by atoms with E-state index in [0.717, 1.165) is 4.31 Å². The third-order valence-corrected chi connectivity index (χ3v) is 4.56. The molecule has 0 heterocycles. The molecule has 0 radical (unpaired) electrons. The molecular weight excluding hydrogens is 215 g/mol. The van der Waals surface area contributed by atoms with Gasteiger partial charge in [0.2, 0.25) is 0 Å². The average Bonchev–Trinajstić information content (AvgIpc) is 1.83. The Bertz CT molecular complexity index is 293. The topological polar surface area (TPSA) is 119 Å². The zero-order chi connectivity index (χ0) is 10.7. The van der Waals surface area contributed by atoms with Gasteiger partial charge in [-0.3, -0.25) is 15.6 Å². The van der Waals surface area contributed by atoms with Crippen LogP contribution in [0.25, 0.3) is 0 Å². The summed E-state index contributed by atoms with van der Waals surface area (Å²) in [5.41, 5.74) is 9.77. The predicted octanol–water partition coefficient (Wildman–Crippen LogP) is -0.812. The van der Waals surface area contributed by atoms with Gasteiger partial charge in [-0.05, 0) is 0 Å². The second-order valence-electron chi connectivity index (χ2n) is 2.39. The molecular formula is C4H15N4O3PS. The van der Waals surface area contributed by atoms with E-state index < -0.39 is 17.8 Å². The molecule has 7 nitrogen and oxygen atoms in total. The molecule has 0 saturated carbocycles. The summed E-state index contributed by atoms with van der Waals surface area (Å²) in [6.07, 6.45) is 0. The van der Waals surface area contributed by atoms with Crippen LogP contribution in [0.4, 0.5) is 0 Å². The highest BCUT2D eigenvalue weighted by Crippen LogP contribution is 2.20. The highest BCUT2D eigenvalue weighted by Gasteiger charge is 2.24. The second kappa shape index (κ2) is 4.50. The summed E-state index contributed by atoms with van der Waals surface area (Å²) in [6.45, 7) is 3.85. The first-order valence-electron chi connectivity index (χ1n) is 3.69. The number of nitrogens with zero attached hydrogens (tertiary/aromatic N) is 1. The monoisotopic (exact) mass is 230 g/mol. The molecule has 5 N–H and O–H groups in total. The van der Waals surface area contributed by atoms with E-state index in [-0.39, 0.29) is 13.1 Å². The maximum absolute atomic E-state index is 11.3. The first kappa shape index (κ1) is 13.0. The fourth-order valence-corrected chi connectivity index (χ4v) is 3.39. The van der Waals surface area contributed by atoms with E-state index >= 15 is 0 Å². The Labute approximate surface area is 78.2 Å². The summed E-state index contributed by atoms with van der Waals surface area (Å²) in [5.74, 6) is 0. The summed E-state index contributed by atoms with van der Waals surface area (Å²) in [6, 6.07) is 0. The molecule has 80 valence electrons. The van der Waals surface area contributed by atoms with Gasteiger partial charge in [0.15, 0.2) is 0 Å². The second-order valence-corrected chi connectivity index (χ2v) is 6.01. The lowest BCUT2D eigenvalue weighted by molar-refractivity contribution is 0.441. The summed E-state index contributed by atoms with van der Waals surface area (Å²) < 4.78 is 36.2. The lowest BCUT2D eigenvalue weighted by atomic mass is 10.7. The van der Waals surface area contributed by atoms with Crippen LogP contribution in [0.2, 0.25) is 0 Å². The number of rotatable bonds is 5. The first-order valence-corrected chi connectivity index (χ1v) is 6.97. The van der Waals surface area contributed by atoms with Gasteiger partial charge < -0.3 is 0 Å². The van der Waals surface area contributed by atoms with Crippen LogP contribution in [0.1, 0.15) is 13.8 Å². The van der Waals surface area contributed by atoms with E-state index in [1.165, 1.54) is 0 Å². The quantitative estimate of drug-likeness (QED) is 0.533. The molecule has 0 aliphatic rings. The average molecular weight is 230 g/mol. The van der Waals surface area contributed by atoms with Crippen molar-refractivity contribution in [3.05, 3.63) is 0 Å². The van der Waals surface area contributed by atoms with Crippen LogP contribution in [0.3, 0.4) is 0 Å². The molecule has 0 aromatic rings. The van der Waals surface area contributed by atoms with E-state index in [4.69, 9.17) is 11.0 Å². The van der Waals surface area contributed by atoms with Crippen molar-refractivity contribution in [3.8, 4) is 0 Å². The maximum Gasteiger partial charge on any atom is 0.288 e. The van der Waals surface area contributed by atoms with Crippen LogP contribution in [-0.4, -0.2) is 25.8 Å². The van der Waals surface area contributed by atoms with E-state index in [1.54, 1.807) is 18.3 Å². The molecule has 0 aliphatic carbocycles. The third kappa shape index (κ3) is 4.70. The zero-order valence-electron chi connectivity index (χ0n) is 7.60. The van der Waals surface area contributed by atoms with E-state index in [1.807, 2.05) is 0 Å². The van der Waals surface area contributed by atoms with Crippen molar-refractivity contribution in [1.29, 1.82) is 0 Å². The Balaban J connectivity index is 4.68. The third-order valence-electron chi connectivity index (χ3n) is 1.30. The summed E-state index contributed by atoms with van der Waals surface area (Å²) in [4.78, 5) is 0. The predicted molar refractivity (Wildman–Crippen MR) is 51.0 cm³/mol. The first-order chi connectivity index (χ1) is 5.73. The Morgan fingerprint density at radius 3 is 1.92 bits per heavy atom. The highest BCUT2D eigenvalue weighted by molar-refractivity contribution is 7.93. The summed E-state index contributed by atoms with van der Waals surface area (Å²) in [5, 5.41) is 0. The molecule has 0 rings (SSSR count).